The maximum absolute atomic E-state index is 13.1. The topological polar surface area (TPSA) is 92.7 Å². The molecule has 0 spiro atoms. The number of pyridine rings is 1. The van der Waals surface area contributed by atoms with Gasteiger partial charge in [-0.1, -0.05) is 31.4 Å². The van der Waals surface area contributed by atoms with Crippen LogP contribution in [-0.4, -0.2) is 30.1 Å². The zero-order valence-corrected chi connectivity index (χ0v) is 19.9. The Morgan fingerprint density at radius 2 is 1.91 bits per heavy atom. The van der Waals surface area contributed by atoms with Crippen molar-refractivity contribution >= 4 is 45.3 Å². The quantitative estimate of drug-likeness (QED) is 0.374. The fourth-order valence-corrected chi connectivity index (χ4v) is 5.41. The molecular formula is C25H28N4O3S. The summed E-state index contributed by atoms with van der Waals surface area (Å²) >= 11 is 1.25. The van der Waals surface area contributed by atoms with Gasteiger partial charge in [0.25, 0.3) is 11.8 Å². The van der Waals surface area contributed by atoms with Crippen molar-refractivity contribution in [2.24, 2.45) is 11.0 Å². The van der Waals surface area contributed by atoms with Gasteiger partial charge in [0, 0.05) is 17.3 Å². The molecule has 0 bridgehead atoms. The van der Waals surface area contributed by atoms with Crippen LogP contribution in [0.25, 0.3) is 10.2 Å². The summed E-state index contributed by atoms with van der Waals surface area (Å²) in [4.78, 5) is 31.9. The fourth-order valence-electron chi connectivity index (χ4n) is 4.27. The number of para-hydroxylation sites is 1. The van der Waals surface area contributed by atoms with Gasteiger partial charge in [0.2, 0.25) is 0 Å². The molecule has 1 fully saturated rings. The highest BCUT2D eigenvalue weighted by Gasteiger charge is 2.24. The van der Waals surface area contributed by atoms with Crippen LogP contribution in [0.1, 0.15) is 63.4 Å². The number of aromatic nitrogens is 1. The van der Waals surface area contributed by atoms with E-state index in [0.29, 0.717) is 32.6 Å². The Bertz CT molecular complexity index is 1210. The molecule has 0 unspecified atom stereocenters. The molecule has 2 N–H and O–H groups in total. The first-order chi connectivity index (χ1) is 16.0. The van der Waals surface area contributed by atoms with Crippen LogP contribution in [0.4, 0.5) is 5.69 Å². The van der Waals surface area contributed by atoms with Crippen LogP contribution in [-0.2, 0) is 0 Å². The minimum atomic E-state index is -0.363. The first-order valence-corrected chi connectivity index (χ1v) is 12.0. The van der Waals surface area contributed by atoms with E-state index >= 15 is 0 Å². The van der Waals surface area contributed by atoms with Crippen LogP contribution in [0.15, 0.2) is 35.4 Å². The third-order valence-corrected chi connectivity index (χ3v) is 6.97. The number of carbonyl (C=O) groups excluding carboxylic acids is 2. The third kappa shape index (κ3) is 5.06. The molecule has 2 aromatic heterocycles. The molecule has 0 radical (unpaired) electrons. The molecule has 3 aromatic rings. The predicted molar refractivity (Wildman–Crippen MR) is 133 cm³/mol. The summed E-state index contributed by atoms with van der Waals surface area (Å²) in [7, 11) is 1.52. The summed E-state index contributed by atoms with van der Waals surface area (Å²) in [6, 6.07) is 8.93. The van der Waals surface area contributed by atoms with Crippen molar-refractivity contribution in [3.05, 3.63) is 52.0 Å². The van der Waals surface area contributed by atoms with Crippen molar-refractivity contribution in [1.29, 1.82) is 0 Å². The number of nitrogens with one attached hydrogen (secondary N) is 2. The normalized spacial score (nSPS) is 14.5. The molecule has 1 saturated carbocycles. The number of methoxy groups -OCH3 is 1. The van der Waals surface area contributed by atoms with Gasteiger partial charge in [-0.2, -0.15) is 5.10 Å². The van der Waals surface area contributed by atoms with Gasteiger partial charge in [0.15, 0.2) is 0 Å². The van der Waals surface area contributed by atoms with Crippen LogP contribution < -0.4 is 15.5 Å². The number of thiophene rings is 1. The van der Waals surface area contributed by atoms with Gasteiger partial charge in [-0.15, -0.1) is 11.3 Å². The molecule has 1 aliphatic carbocycles. The highest BCUT2D eigenvalue weighted by atomic mass is 32.1. The number of carbonyl (C=O) groups is 2. The lowest BCUT2D eigenvalue weighted by Crippen LogP contribution is -2.21. The molecular weight excluding hydrogens is 436 g/mol. The lowest BCUT2D eigenvalue weighted by Gasteiger charge is -2.16. The van der Waals surface area contributed by atoms with Gasteiger partial charge in [-0.05, 0) is 56.4 Å². The molecule has 33 heavy (non-hydrogen) atoms. The average Bonchev–Trinajstić information content (AvgIpc) is 3.17. The zero-order valence-electron chi connectivity index (χ0n) is 19.1. The Hall–Kier alpha value is -3.26. The molecule has 2 heterocycles. The van der Waals surface area contributed by atoms with Crippen LogP contribution in [0.2, 0.25) is 0 Å². The van der Waals surface area contributed by atoms with E-state index in [9.17, 15) is 9.59 Å². The second kappa shape index (κ2) is 10.1. The molecule has 1 aliphatic rings. The van der Waals surface area contributed by atoms with E-state index in [2.05, 4.69) is 20.8 Å². The fraction of sp³-hybridized carbons (Fsp3) is 0.360. The largest absolute Gasteiger partial charge is 0.496 e. The number of benzene rings is 1. The summed E-state index contributed by atoms with van der Waals surface area (Å²) in [5, 5.41) is 7.92. The first-order valence-electron chi connectivity index (χ1n) is 11.2. The predicted octanol–water partition coefficient (Wildman–Crippen LogP) is 5.47. The number of hydrogen-bond donors (Lipinski definition) is 2. The van der Waals surface area contributed by atoms with Crippen molar-refractivity contribution in [3.8, 4) is 5.75 Å². The van der Waals surface area contributed by atoms with Gasteiger partial charge in [-0.3, -0.25) is 9.59 Å². The van der Waals surface area contributed by atoms with E-state index in [1.165, 1.54) is 37.7 Å². The van der Waals surface area contributed by atoms with Crippen LogP contribution in [0.3, 0.4) is 0 Å². The Balaban J connectivity index is 1.66. The standard InChI is InChI=1S/C25H28N4O3S/c1-15-13-16(2)27-25-20(15)21(28-23(30)18-11-7-8-12-19(18)32-3)22(33-25)24(31)29-26-14-17-9-5-4-6-10-17/h7-8,11-14,17H,4-6,9-10H2,1-3H3,(H,28,30)(H,29,31)/b26-14+. The van der Waals surface area contributed by atoms with E-state index in [1.54, 1.807) is 24.3 Å². The minimum Gasteiger partial charge on any atom is -0.496 e. The van der Waals surface area contributed by atoms with Crippen LogP contribution >= 0.6 is 11.3 Å². The van der Waals surface area contributed by atoms with E-state index in [0.717, 1.165) is 29.5 Å². The van der Waals surface area contributed by atoms with Crippen molar-refractivity contribution in [2.45, 2.75) is 46.0 Å². The number of hydrazone groups is 1. The number of nitrogens with zero attached hydrogens (tertiary/aromatic N) is 2. The summed E-state index contributed by atoms with van der Waals surface area (Å²) in [6.45, 7) is 3.86. The number of fused-ring (bicyclic) bond motifs is 1. The summed E-state index contributed by atoms with van der Waals surface area (Å²) in [6.07, 6.45) is 7.70. The van der Waals surface area contributed by atoms with Crippen molar-refractivity contribution in [3.63, 3.8) is 0 Å². The lowest BCUT2D eigenvalue weighted by molar-refractivity contribution is 0.0959. The van der Waals surface area contributed by atoms with E-state index < -0.39 is 0 Å². The Morgan fingerprint density at radius 1 is 1.15 bits per heavy atom. The van der Waals surface area contributed by atoms with Crippen LogP contribution in [0.5, 0.6) is 5.75 Å². The van der Waals surface area contributed by atoms with E-state index in [1.807, 2.05) is 26.1 Å². The van der Waals surface area contributed by atoms with Gasteiger partial charge in [-0.25, -0.2) is 10.4 Å². The molecule has 1 aromatic carbocycles. The smallest absolute Gasteiger partial charge is 0.283 e. The Kier molecular flexibility index (Phi) is 7.03. The Labute approximate surface area is 197 Å². The molecule has 0 atom stereocenters. The molecule has 0 saturated heterocycles. The summed E-state index contributed by atoms with van der Waals surface area (Å²) in [5.74, 6) is 0.144. The number of hydrogen-bond acceptors (Lipinski definition) is 6. The maximum atomic E-state index is 13.1. The molecule has 0 aliphatic heterocycles. The summed E-state index contributed by atoms with van der Waals surface area (Å²) < 4.78 is 5.33. The maximum Gasteiger partial charge on any atom is 0.283 e. The molecule has 8 heteroatoms. The SMILES string of the molecule is COc1ccccc1C(=O)Nc1c(C(=O)N/N=C/C2CCCCC2)sc2nc(C)cc(C)c12. The van der Waals surface area contributed by atoms with Crippen LogP contribution in [0, 0.1) is 19.8 Å². The summed E-state index contributed by atoms with van der Waals surface area (Å²) in [5.41, 5.74) is 5.28. The van der Waals surface area contributed by atoms with Gasteiger partial charge < -0.3 is 10.1 Å². The van der Waals surface area contributed by atoms with Crippen molar-refractivity contribution in [2.75, 3.05) is 12.4 Å². The molecule has 2 amide bonds. The lowest BCUT2D eigenvalue weighted by atomic mass is 9.90. The second-order valence-electron chi connectivity index (χ2n) is 8.34. The first kappa shape index (κ1) is 22.9. The van der Waals surface area contributed by atoms with Gasteiger partial charge >= 0.3 is 0 Å². The average molecular weight is 465 g/mol. The third-order valence-electron chi connectivity index (χ3n) is 5.88. The molecule has 172 valence electrons. The molecule has 7 nitrogen and oxygen atoms in total. The monoisotopic (exact) mass is 464 g/mol. The second-order valence-corrected chi connectivity index (χ2v) is 9.34. The van der Waals surface area contributed by atoms with E-state index in [4.69, 9.17) is 4.74 Å². The minimum absolute atomic E-state index is 0.355. The van der Waals surface area contributed by atoms with Crippen molar-refractivity contribution in [1.82, 2.24) is 10.4 Å². The van der Waals surface area contributed by atoms with Gasteiger partial charge in [0.1, 0.15) is 15.5 Å². The number of ether oxygens (including phenoxy) is 1. The van der Waals surface area contributed by atoms with Gasteiger partial charge in [0.05, 0.1) is 18.4 Å². The number of amides is 2. The number of anilines is 1. The highest BCUT2D eigenvalue weighted by Crippen LogP contribution is 2.38. The highest BCUT2D eigenvalue weighted by molar-refractivity contribution is 7.21. The van der Waals surface area contributed by atoms with Crippen molar-refractivity contribution < 1.29 is 14.3 Å². The van der Waals surface area contributed by atoms with E-state index in [-0.39, 0.29) is 11.8 Å². The number of rotatable bonds is 6. The zero-order chi connectivity index (χ0) is 23.4. The molecule has 4 rings (SSSR count). The number of aryl methyl sites for hydroxylation is 2. The Morgan fingerprint density at radius 3 is 2.67 bits per heavy atom.